The van der Waals surface area contributed by atoms with Crippen LogP contribution in [-0.2, 0) is 13.5 Å². The fourth-order valence-corrected chi connectivity index (χ4v) is 3.74. The fourth-order valence-electron chi connectivity index (χ4n) is 3.74. The number of hydrogen-bond donors (Lipinski definition) is 1. The summed E-state index contributed by atoms with van der Waals surface area (Å²) in [4.78, 5) is 6.61. The molecule has 1 aromatic heterocycles. The molecule has 0 bridgehead atoms. The van der Waals surface area contributed by atoms with Gasteiger partial charge in [0.25, 0.3) is 0 Å². The number of hydrogen-bond acceptors (Lipinski definition) is 3. The maximum absolute atomic E-state index is 10.8. The predicted molar refractivity (Wildman–Crippen MR) is 81.6 cm³/mol. The van der Waals surface area contributed by atoms with Gasteiger partial charge in [-0.15, -0.1) is 0 Å². The van der Waals surface area contributed by atoms with Gasteiger partial charge in [0, 0.05) is 31.4 Å². The Bertz CT molecular complexity index is 429. The molecule has 4 heteroatoms. The third-order valence-electron chi connectivity index (χ3n) is 5.08. The smallest absolute Gasteiger partial charge is 0.108 e. The Morgan fingerprint density at radius 3 is 2.85 bits per heavy atom. The number of aryl methyl sites for hydroxylation is 2. The number of aliphatic hydroxyl groups is 1. The van der Waals surface area contributed by atoms with Crippen LogP contribution >= 0.6 is 0 Å². The SMILES string of the molecule is CC1CCCC(C(O)CCc2nccn2C)(N(C)C)C1. The molecule has 1 fully saturated rings. The molecule has 1 N–H and O–H groups in total. The van der Waals surface area contributed by atoms with E-state index in [0.29, 0.717) is 5.92 Å². The summed E-state index contributed by atoms with van der Waals surface area (Å²) in [5.41, 5.74) is -0.0527. The normalized spacial score (nSPS) is 28.8. The molecule has 114 valence electrons. The first-order valence-corrected chi connectivity index (χ1v) is 7.77. The first-order chi connectivity index (χ1) is 9.45. The van der Waals surface area contributed by atoms with Crippen molar-refractivity contribution in [1.29, 1.82) is 0 Å². The van der Waals surface area contributed by atoms with E-state index in [4.69, 9.17) is 0 Å². The van der Waals surface area contributed by atoms with Gasteiger partial charge in [-0.2, -0.15) is 0 Å². The Kier molecular flexibility index (Phi) is 4.86. The molecule has 20 heavy (non-hydrogen) atoms. The number of likely N-dealkylation sites (N-methyl/N-ethyl adjacent to an activating group) is 1. The lowest BCUT2D eigenvalue weighted by Gasteiger charge is -2.48. The Morgan fingerprint density at radius 2 is 2.30 bits per heavy atom. The molecule has 1 heterocycles. The van der Waals surface area contributed by atoms with Crippen molar-refractivity contribution in [2.45, 2.75) is 57.1 Å². The molecule has 0 amide bonds. The summed E-state index contributed by atoms with van der Waals surface area (Å²) in [7, 11) is 6.24. The molecule has 1 aliphatic rings. The second-order valence-electron chi connectivity index (χ2n) is 6.71. The minimum atomic E-state index is -0.281. The van der Waals surface area contributed by atoms with Crippen molar-refractivity contribution in [3.63, 3.8) is 0 Å². The molecule has 1 aromatic rings. The molecule has 0 aromatic carbocycles. The summed E-state index contributed by atoms with van der Waals surface area (Å²) >= 11 is 0. The van der Waals surface area contributed by atoms with E-state index in [1.54, 1.807) is 0 Å². The average molecular weight is 279 g/mol. The standard InChI is InChI=1S/C16H29N3O/c1-13-6-5-9-16(12-13,18(2)3)14(20)7-8-15-17-10-11-19(15)4/h10-11,13-14,20H,5-9,12H2,1-4H3. The Morgan fingerprint density at radius 1 is 1.55 bits per heavy atom. The summed E-state index contributed by atoms with van der Waals surface area (Å²) in [6.07, 6.45) is 9.86. The molecule has 1 aliphatic carbocycles. The monoisotopic (exact) mass is 279 g/mol. The summed E-state index contributed by atoms with van der Waals surface area (Å²) < 4.78 is 2.04. The third-order valence-corrected chi connectivity index (χ3v) is 5.08. The van der Waals surface area contributed by atoms with Gasteiger partial charge in [-0.25, -0.2) is 4.98 Å². The molecule has 0 aliphatic heterocycles. The van der Waals surface area contributed by atoms with E-state index in [0.717, 1.165) is 31.5 Å². The maximum atomic E-state index is 10.8. The highest BCUT2D eigenvalue weighted by atomic mass is 16.3. The van der Waals surface area contributed by atoms with Gasteiger partial charge >= 0.3 is 0 Å². The largest absolute Gasteiger partial charge is 0.391 e. The zero-order chi connectivity index (χ0) is 14.8. The van der Waals surface area contributed by atoms with Crippen molar-refractivity contribution in [2.75, 3.05) is 14.1 Å². The van der Waals surface area contributed by atoms with Crippen LogP contribution in [0.2, 0.25) is 0 Å². The topological polar surface area (TPSA) is 41.3 Å². The fraction of sp³-hybridized carbons (Fsp3) is 0.812. The lowest BCUT2D eigenvalue weighted by molar-refractivity contribution is -0.0466. The highest BCUT2D eigenvalue weighted by molar-refractivity contribution is 5.00. The summed E-state index contributed by atoms with van der Waals surface area (Å²) in [6, 6.07) is 0. The summed E-state index contributed by atoms with van der Waals surface area (Å²) in [5, 5.41) is 10.8. The second kappa shape index (κ2) is 6.27. The van der Waals surface area contributed by atoms with E-state index in [9.17, 15) is 5.11 Å². The molecular weight excluding hydrogens is 250 g/mol. The van der Waals surface area contributed by atoms with Crippen LogP contribution in [-0.4, -0.2) is 45.3 Å². The van der Waals surface area contributed by atoms with Crippen LogP contribution in [0.15, 0.2) is 12.4 Å². The predicted octanol–water partition coefficient (Wildman–Crippen LogP) is 2.22. The third kappa shape index (κ3) is 3.07. The lowest BCUT2D eigenvalue weighted by atomic mass is 9.71. The van der Waals surface area contributed by atoms with Crippen molar-refractivity contribution >= 4 is 0 Å². The van der Waals surface area contributed by atoms with Crippen LogP contribution in [0.4, 0.5) is 0 Å². The first kappa shape index (κ1) is 15.5. The Balaban J connectivity index is 2.04. The highest BCUT2D eigenvalue weighted by Crippen LogP contribution is 2.39. The summed E-state index contributed by atoms with van der Waals surface area (Å²) in [6.45, 7) is 2.31. The van der Waals surface area contributed by atoms with E-state index in [1.165, 1.54) is 12.8 Å². The lowest BCUT2D eigenvalue weighted by Crippen LogP contribution is -2.56. The molecule has 4 nitrogen and oxygen atoms in total. The van der Waals surface area contributed by atoms with Crippen molar-refractivity contribution in [3.05, 3.63) is 18.2 Å². The highest BCUT2D eigenvalue weighted by Gasteiger charge is 2.42. The zero-order valence-corrected chi connectivity index (χ0v) is 13.3. The second-order valence-corrected chi connectivity index (χ2v) is 6.71. The van der Waals surface area contributed by atoms with E-state index in [2.05, 4.69) is 30.9 Å². The van der Waals surface area contributed by atoms with Crippen molar-refractivity contribution < 1.29 is 5.11 Å². The molecule has 2 rings (SSSR count). The average Bonchev–Trinajstić information content (AvgIpc) is 2.81. The van der Waals surface area contributed by atoms with Crippen LogP contribution < -0.4 is 0 Å². The van der Waals surface area contributed by atoms with Gasteiger partial charge in [0.15, 0.2) is 0 Å². The van der Waals surface area contributed by atoms with Gasteiger partial charge in [0.1, 0.15) is 5.82 Å². The van der Waals surface area contributed by atoms with Gasteiger partial charge in [-0.1, -0.05) is 19.8 Å². The zero-order valence-electron chi connectivity index (χ0n) is 13.3. The van der Waals surface area contributed by atoms with E-state index in [1.807, 2.05) is 24.0 Å². The molecule has 0 radical (unpaired) electrons. The molecule has 0 spiro atoms. The van der Waals surface area contributed by atoms with Crippen LogP contribution in [0.25, 0.3) is 0 Å². The van der Waals surface area contributed by atoms with E-state index < -0.39 is 0 Å². The van der Waals surface area contributed by atoms with Gasteiger partial charge in [0.05, 0.1) is 6.10 Å². The molecule has 3 atom stereocenters. The number of imidazole rings is 1. The van der Waals surface area contributed by atoms with Gasteiger partial charge < -0.3 is 14.6 Å². The maximum Gasteiger partial charge on any atom is 0.108 e. The summed E-state index contributed by atoms with van der Waals surface area (Å²) in [5.74, 6) is 1.76. The minimum Gasteiger partial charge on any atom is -0.391 e. The van der Waals surface area contributed by atoms with Crippen molar-refractivity contribution in [1.82, 2.24) is 14.5 Å². The van der Waals surface area contributed by atoms with Crippen LogP contribution in [0.5, 0.6) is 0 Å². The van der Waals surface area contributed by atoms with Gasteiger partial charge in [-0.3, -0.25) is 0 Å². The van der Waals surface area contributed by atoms with E-state index >= 15 is 0 Å². The number of nitrogens with zero attached hydrogens (tertiary/aromatic N) is 3. The molecule has 3 unspecified atom stereocenters. The minimum absolute atomic E-state index is 0.0527. The number of aromatic nitrogens is 2. The van der Waals surface area contributed by atoms with Crippen LogP contribution in [0.3, 0.4) is 0 Å². The quantitative estimate of drug-likeness (QED) is 0.898. The Labute approximate surface area is 122 Å². The van der Waals surface area contributed by atoms with Crippen LogP contribution in [0.1, 0.15) is 44.9 Å². The number of aliphatic hydroxyl groups excluding tert-OH is 1. The van der Waals surface area contributed by atoms with E-state index in [-0.39, 0.29) is 11.6 Å². The van der Waals surface area contributed by atoms with Crippen LogP contribution in [0, 0.1) is 5.92 Å². The number of rotatable bonds is 5. The van der Waals surface area contributed by atoms with Crippen molar-refractivity contribution in [2.24, 2.45) is 13.0 Å². The van der Waals surface area contributed by atoms with Crippen molar-refractivity contribution in [3.8, 4) is 0 Å². The first-order valence-electron chi connectivity index (χ1n) is 7.77. The van der Waals surface area contributed by atoms with Gasteiger partial charge in [0.2, 0.25) is 0 Å². The Hall–Kier alpha value is -0.870. The molecular formula is C16H29N3O. The molecule has 1 saturated carbocycles. The molecule has 0 saturated heterocycles. The van der Waals surface area contributed by atoms with Gasteiger partial charge in [-0.05, 0) is 39.3 Å².